The van der Waals surface area contributed by atoms with E-state index in [1.807, 2.05) is 0 Å². The van der Waals surface area contributed by atoms with Crippen LogP contribution < -0.4 is 0 Å². The van der Waals surface area contributed by atoms with Crippen LogP contribution >= 0.6 is 0 Å². The molecule has 1 aromatic heterocycles. The maximum Gasteiger partial charge on any atom is 0.135 e. The molecule has 8 aromatic rings. The zero-order chi connectivity index (χ0) is 37.6. The molecule has 266 valence electrons. The highest BCUT2D eigenvalue weighted by atomic mass is 16.3. The lowest BCUT2D eigenvalue weighted by molar-refractivity contribution is 0.569. The second-order valence-corrected chi connectivity index (χ2v) is 18.4. The second kappa shape index (κ2) is 12.2. The van der Waals surface area contributed by atoms with Crippen LogP contribution in [0.15, 0.2) is 120 Å². The quantitative estimate of drug-likeness (QED) is 0.168. The number of hydrogen-bond donors (Lipinski definition) is 0. The Bertz CT molecular complexity index is 2680. The van der Waals surface area contributed by atoms with Crippen LogP contribution in [0.1, 0.15) is 90.1 Å². The fraction of sp³-hybridized carbons (Fsp3) is 0.269. The van der Waals surface area contributed by atoms with E-state index in [0.717, 1.165) is 21.9 Å². The van der Waals surface area contributed by atoms with Gasteiger partial charge in [0.15, 0.2) is 0 Å². The van der Waals surface area contributed by atoms with Gasteiger partial charge in [0.2, 0.25) is 0 Å². The van der Waals surface area contributed by atoms with Crippen LogP contribution in [-0.2, 0) is 16.2 Å². The third kappa shape index (κ3) is 6.25. The molecule has 0 atom stereocenters. The van der Waals surface area contributed by atoms with Crippen molar-refractivity contribution in [2.75, 3.05) is 0 Å². The van der Waals surface area contributed by atoms with Gasteiger partial charge in [0, 0.05) is 10.8 Å². The molecular formula is C52H52O. The minimum atomic E-state index is 0.0738. The van der Waals surface area contributed by atoms with Gasteiger partial charge in [-0.15, -0.1) is 0 Å². The van der Waals surface area contributed by atoms with E-state index in [1.165, 1.54) is 82.7 Å². The summed E-state index contributed by atoms with van der Waals surface area (Å²) < 4.78 is 6.34. The lowest BCUT2D eigenvalue weighted by Crippen LogP contribution is -2.16. The van der Waals surface area contributed by atoms with E-state index in [-0.39, 0.29) is 16.2 Å². The Morgan fingerprint density at radius 1 is 0.302 bits per heavy atom. The molecule has 0 aliphatic heterocycles. The van der Waals surface area contributed by atoms with Crippen molar-refractivity contribution in [2.24, 2.45) is 0 Å². The van der Waals surface area contributed by atoms with Gasteiger partial charge in [0.25, 0.3) is 0 Å². The van der Waals surface area contributed by atoms with Crippen molar-refractivity contribution >= 4 is 43.5 Å². The number of furan rings is 1. The summed E-state index contributed by atoms with van der Waals surface area (Å²) in [6, 6.07) is 43.5. The summed E-state index contributed by atoms with van der Waals surface area (Å²) in [5.74, 6) is 0. The maximum absolute atomic E-state index is 6.34. The minimum Gasteiger partial charge on any atom is -0.456 e. The van der Waals surface area contributed by atoms with E-state index in [4.69, 9.17) is 4.42 Å². The number of hydrogen-bond acceptors (Lipinski definition) is 1. The predicted molar refractivity (Wildman–Crippen MR) is 231 cm³/mol. The first-order valence-electron chi connectivity index (χ1n) is 19.2. The van der Waals surface area contributed by atoms with E-state index in [9.17, 15) is 0 Å². The molecule has 0 radical (unpaired) electrons. The molecule has 1 heteroatoms. The second-order valence-electron chi connectivity index (χ2n) is 18.4. The lowest BCUT2D eigenvalue weighted by atomic mass is 9.78. The monoisotopic (exact) mass is 692 g/mol. The van der Waals surface area contributed by atoms with Gasteiger partial charge in [-0.3, -0.25) is 0 Å². The molecule has 0 unspecified atom stereocenters. The molecule has 0 aliphatic rings. The SMILES string of the molecule is Cc1c2ccc(-c3ccc4oc5ccc(-c6ccc(C(C)(C)C)cc6)cc5c4c3)cc2c(C)c2ccc(-c3cc(C(C)(C)C)cc(C(C)(C)C)c3)cc12. The van der Waals surface area contributed by atoms with Crippen molar-refractivity contribution in [3.63, 3.8) is 0 Å². The highest BCUT2D eigenvalue weighted by Gasteiger charge is 2.22. The smallest absolute Gasteiger partial charge is 0.135 e. The Morgan fingerprint density at radius 2 is 0.660 bits per heavy atom. The summed E-state index contributed by atoms with van der Waals surface area (Å²) >= 11 is 0. The summed E-state index contributed by atoms with van der Waals surface area (Å²) in [6.07, 6.45) is 0. The molecular weight excluding hydrogens is 641 g/mol. The number of aryl methyl sites for hydroxylation is 2. The molecule has 7 aromatic carbocycles. The topological polar surface area (TPSA) is 13.1 Å². The molecule has 0 aliphatic carbocycles. The lowest BCUT2D eigenvalue weighted by Gasteiger charge is -2.26. The Balaban J connectivity index is 1.20. The summed E-state index contributed by atoms with van der Waals surface area (Å²) in [4.78, 5) is 0. The minimum absolute atomic E-state index is 0.0738. The average molecular weight is 693 g/mol. The van der Waals surface area contributed by atoms with Crippen LogP contribution in [0.5, 0.6) is 0 Å². The molecule has 0 N–H and O–H groups in total. The summed E-state index contributed by atoms with van der Waals surface area (Å²) in [6.45, 7) is 25.2. The van der Waals surface area contributed by atoms with Crippen molar-refractivity contribution in [3.05, 3.63) is 143 Å². The van der Waals surface area contributed by atoms with Crippen molar-refractivity contribution in [2.45, 2.75) is 92.4 Å². The number of fused-ring (bicyclic) bond motifs is 5. The molecule has 1 nitrogen and oxygen atoms in total. The molecule has 8 rings (SSSR count). The molecule has 0 fully saturated rings. The van der Waals surface area contributed by atoms with Crippen molar-refractivity contribution in [1.82, 2.24) is 0 Å². The predicted octanol–water partition coefficient (Wildman–Crippen LogP) is 15.4. The first-order valence-corrected chi connectivity index (χ1v) is 19.2. The van der Waals surface area contributed by atoms with Gasteiger partial charge in [-0.1, -0.05) is 141 Å². The Kier molecular flexibility index (Phi) is 8.04. The molecule has 0 saturated carbocycles. The van der Waals surface area contributed by atoms with E-state index >= 15 is 0 Å². The molecule has 0 amide bonds. The zero-order valence-corrected chi connectivity index (χ0v) is 33.4. The van der Waals surface area contributed by atoms with E-state index < -0.39 is 0 Å². The van der Waals surface area contributed by atoms with Crippen molar-refractivity contribution in [3.8, 4) is 33.4 Å². The molecule has 1 heterocycles. The number of benzene rings is 7. The fourth-order valence-corrected chi connectivity index (χ4v) is 7.97. The Hall–Kier alpha value is -5.14. The normalized spacial score (nSPS) is 12.8. The third-order valence-electron chi connectivity index (χ3n) is 11.5. The Morgan fingerprint density at radius 3 is 1.09 bits per heavy atom. The highest BCUT2D eigenvalue weighted by Crippen LogP contribution is 2.40. The Labute approximate surface area is 315 Å². The van der Waals surface area contributed by atoms with Gasteiger partial charge in [0.1, 0.15) is 11.2 Å². The molecule has 53 heavy (non-hydrogen) atoms. The summed E-state index contributed by atoms with van der Waals surface area (Å²) in [5, 5.41) is 7.56. The fourth-order valence-electron chi connectivity index (χ4n) is 7.97. The van der Waals surface area contributed by atoms with Gasteiger partial charge in [-0.25, -0.2) is 0 Å². The van der Waals surface area contributed by atoms with Gasteiger partial charge in [0.05, 0.1) is 0 Å². The van der Waals surface area contributed by atoms with Gasteiger partial charge < -0.3 is 4.42 Å². The largest absolute Gasteiger partial charge is 0.456 e. The van der Waals surface area contributed by atoms with Crippen LogP contribution in [-0.4, -0.2) is 0 Å². The maximum atomic E-state index is 6.34. The zero-order valence-electron chi connectivity index (χ0n) is 33.4. The van der Waals surface area contributed by atoms with Crippen LogP contribution in [0.4, 0.5) is 0 Å². The summed E-state index contributed by atoms with van der Waals surface area (Å²) in [7, 11) is 0. The van der Waals surface area contributed by atoms with Gasteiger partial charge >= 0.3 is 0 Å². The van der Waals surface area contributed by atoms with Crippen molar-refractivity contribution < 1.29 is 4.42 Å². The number of rotatable bonds is 3. The van der Waals surface area contributed by atoms with E-state index in [0.29, 0.717) is 0 Å². The van der Waals surface area contributed by atoms with Crippen LogP contribution in [0.25, 0.3) is 76.9 Å². The highest BCUT2D eigenvalue weighted by molar-refractivity contribution is 6.10. The average Bonchev–Trinajstić information content (AvgIpc) is 3.49. The van der Waals surface area contributed by atoms with E-state index in [1.54, 1.807) is 0 Å². The third-order valence-corrected chi connectivity index (χ3v) is 11.5. The van der Waals surface area contributed by atoms with Gasteiger partial charge in [-0.2, -0.15) is 0 Å². The molecule has 0 spiro atoms. The van der Waals surface area contributed by atoms with Crippen molar-refractivity contribution in [1.29, 1.82) is 0 Å². The first-order chi connectivity index (χ1) is 25.0. The van der Waals surface area contributed by atoms with E-state index in [2.05, 4.69) is 191 Å². The molecule has 0 saturated heterocycles. The molecule has 0 bridgehead atoms. The van der Waals surface area contributed by atoms with Crippen LogP contribution in [0.2, 0.25) is 0 Å². The first kappa shape index (κ1) is 34.9. The van der Waals surface area contributed by atoms with Crippen LogP contribution in [0, 0.1) is 13.8 Å². The van der Waals surface area contributed by atoms with Gasteiger partial charge in [-0.05, 0) is 149 Å². The summed E-state index contributed by atoms with van der Waals surface area (Å²) in [5.41, 5.74) is 16.3. The standard InChI is InChI=1S/C52H52O/c1-31-43-21-15-37(38-24-40(51(6,7)8)30-41(25-38)52(9,10)11)27-45(43)32(2)42-20-14-35(26-44(31)42)36-17-23-49-47(29-36)46-28-34(16-22-48(46)53-49)33-12-18-39(19-13-33)50(3,4)5/h12-30H,1-11H3. The van der Waals surface area contributed by atoms with Crippen LogP contribution in [0.3, 0.4) is 0 Å².